The van der Waals surface area contributed by atoms with Crippen LogP contribution in [0.1, 0.15) is 30.6 Å². The number of benzene rings is 1. The molecule has 0 unspecified atom stereocenters. The zero-order chi connectivity index (χ0) is 14.0. The van der Waals surface area contributed by atoms with Gasteiger partial charge in [0, 0.05) is 17.0 Å². The molecular weight excluding hydrogens is 258 g/mol. The second-order valence-electron chi connectivity index (χ2n) is 4.99. The molecule has 3 nitrogen and oxygen atoms in total. The molecule has 0 aliphatic carbocycles. The van der Waals surface area contributed by atoms with E-state index in [0.29, 0.717) is 12.1 Å². The second-order valence-corrected chi connectivity index (χ2v) is 6.66. The fourth-order valence-corrected chi connectivity index (χ4v) is 3.33. The van der Waals surface area contributed by atoms with Gasteiger partial charge in [-0.2, -0.15) is 0 Å². The van der Waals surface area contributed by atoms with Crippen molar-refractivity contribution in [3.8, 4) is 0 Å². The monoisotopic (exact) mass is 275 g/mol. The molecular formula is C15H17NO2S. The number of amides is 1. The third kappa shape index (κ3) is 2.59. The van der Waals surface area contributed by atoms with Gasteiger partial charge in [0.05, 0.1) is 10.4 Å². The number of nitrogens with zero attached hydrogens (tertiary/aromatic N) is 1. The summed E-state index contributed by atoms with van der Waals surface area (Å²) in [5.41, 5.74) is 1.53. The van der Waals surface area contributed by atoms with E-state index >= 15 is 0 Å². The van der Waals surface area contributed by atoms with Crippen LogP contribution in [0.4, 0.5) is 5.69 Å². The van der Waals surface area contributed by atoms with Gasteiger partial charge >= 0.3 is 0 Å². The summed E-state index contributed by atoms with van der Waals surface area (Å²) in [4.78, 5) is 26.1. The Kier molecular flexibility index (Phi) is 3.80. The zero-order valence-corrected chi connectivity index (χ0v) is 12.0. The highest BCUT2D eigenvalue weighted by atomic mass is 32.2. The van der Waals surface area contributed by atoms with Gasteiger partial charge in [-0.15, -0.1) is 18.3 Å². The molecule has 0 spiro atoms. The lowest BCUT2D eigenvalue weighted by Crippen LogP contribution is -2.46. The largest absolute Gasteiger partial charge is 0.310 e. The van der Waals surface area contributed by atoms with E-state index in [1.165, 1.54) is 11.8 Å². The maximum absolute atomic E-state index is 12.5. The standard InChI is InChI=1S/C15H17NO2S/c1-4-5-8-16-12-7-6-11(10-17)9-13(12)19-15(2,3)14(16)18/h4,6-7,9-10H,1,5,8H2,2-3H3. The minimum absolute atomic E-state index is 0.103. The minimum atomic E-state index is -0.504. The van der Waals surface area contributed by atoms with E-state index in [2.05, 4.69) is 6.58 Å². The van der Waals surface area contributed by atoms with Crippen molar-refractivity contribution in [2.75, 3.05) is 11.4 Å². The molecule has 1 heterocycles. The number of carbonyl (C=O) groups excluding carboxylic acids is 2. The summed E-state index contributed by atoms with van der Waals surface area (Å²) in [6.07, 6.45) is 3.39. The number of rotatable bonds is 4. The van der Waals surface area contributed by atoms with E-state index in [0.717, 1.165) is 23.3 Å². The molecule has 0 N–H and O–H groups in total. The summed E-state index contributed by atoms with van der Waals surface area (Å²) in [6.45, 7) is 8.15. The normalized spacial score (nSPS) is 16.9. The molecule has 1 amide bonds. The Hall–Kier alpha value is -1.55. The Morgan fingerprint density at radius 1 is 1.42 bits per heavy atom. The molecule has 2 rings (SSSR count). The maximum Gasteiger partial charge on any atom is 0.243 e. The average Bonchev–Trinajstić information content (AvgIpc) is 2.38. The zero-order valence-electron chi connectivity index (χ0n) is 11.2. The molecule has 0 aromatic heterocycles. The SMILES string of the molecule is C=CCCN1C(=O)C(C)(C)Sc2cc(C=O)ccc21. The topological polar surface area (TPSA) is 37.4 Å². The van der Waals surface area contributed by atoms with E-state index in [1.54, 1.807) is 11.0 Å². The number of aldehydes is 1. The van der Waals surface area contributed by atoms with Crippen molar-refractivity contribution >= 4 is 29.6 Å². The first-order chi connectivity index (χ1) is 8.99. The van der Waals surface area contributed by atoms with Gasteiger partial charge in [0.25, 0.3) is 0 Å². The Morgan fingerprint density at radius 2 is 2.16 bits per heavy atom. The van der Waals surface area contributed by atoms with Gasteiger partial charge in [0.15, 0.2) is 0 Å². The lowest BCUT2D eigenvalue weighted by molar-refractivity contribution is -0.120. The first-order valence-electron chi connectivity index (χ1n) is 6.20. The third-order valence-electron chi connectivity index (χ3n) is 3.09. The molecule has 1 aliphatic heterocycles. The summed E-state index contributed by atoms with van der Waals surface area (Å²) in [7, 11) is 0. The first kappa shape index (κ1) is 13.9. The van der Waals surface area contributed by atoms with Crippen LogP contribution < -0.4 is 4.90 Å². The fraction of sp³-hybridized carbons (Fsp3) is 0.333. The quantitative estimate of drug-likeness (QED) is 0.625. The molecule has 0 fully saturated rings. The lowest BCUT2D eigenvalue weighted by Gasteiger charge is -2.38. The van der Waals surface area contributed by atoms with Crippen molar-refractivity contribution in [1.29, 1.82) is 0 Å². The smallest absolute Gasteiger partial charge is 0.243 e. The van der Waals surface area contributed by atoms with Gasteiger partial charge in [-0.25, -0.2) is 0 Å². The van der Waals surface area contributed by atoms with Crippen LogP contribution >= 0.6 is 11.8 Å². The van der Waals surface area contributed by atoms with E-state index in [9.17, 15) is 9.59 Å². The van der Waals surface area contributed by atoms with Crippen LogP contribution in [0.2, 0.25) is 0 Å². The van der Waals surface area contributed by atoms with Crippen molar-refractivity contribution in [2.24, 2.45) is 0 Å². The Morgan fingerprint density at radius 3 is 2.79 bits per heavy atom. The van der Waals surface area contributed by atoms with Crippen LogP contribution in [-0.4, -0.2) is 23.5 Å². The van der Waals surface area contributed by atoms with Crippen LogP contribution in [0.25, 0.3) is 0 Å². The predicted octanol–water partition coefficient (Wildman–Crippen LogP) is 3.29. The Bertz CT molecular complexity index is 537. The van der Waals surface area contributed by atoms with Crippen molar-refractivity contribution in [1.82, 2.24) is 0 Å². The van der Waals surface area contributed by atoms with Crippen LogP contribution in [0.5, 0.6) is 0 Å². The number of hydrogen-bond acceptors (Lipinski definition) is 3. The molecule has 4 heteroatoms. The Labute approximate surface area is 117 Å². The number of carbonyl (C=O) groups is 2. The van der Waals surface area contributed by atoms with Gasteiger partial charge in [-0.1, -0.05) is 6.08 Å². The van der Waals surface area contributed by atoms with E-state index in [-0.39, 0.29) is 5.91 Å². The van der Waals surface area contributed by atoms with Crippen LogP contribution in [0.3, 0.4) is 0 Å². The van der Waals surface area contributed by atoms with Crippen molar-refractivity contribution in [3.05, 3.63) is 36.4 Å². The van der Waals surface area contributed by atoms with Crippen molar-refractivity contribution < 1.29 is 9.59 Å². The highest BCUT2D eigenvalue weighted by molar-refractivity contribution is 8.01. The third-order valence-corrected chi connectivity index (χ3v) is 4.32. The average molecular weight is 275 g/mol. The van der Waals surface area contributed by atoms with Gasteiger partial charge in [-0.05, 0) is 38.5 Å². The van der Waals surface area contributed by atoms with E-state index in [1.807, 2.05) is 32.1 Å². The number of anilines is 1. The summed E-state index contributed by atoms with van der Waals surface area (Å²) < 4.78 is -0.504. The predicted molar refractivity (Wildman–Crippen MR) is 78.9 cm³/mol. The fourth-order valence-electron chi connectivity index (χ4n) is 2.10. The van der Waals surface area contributed by atoms with Crippen molar-refractivity contribution in [3.63, 3.8) is 0 Å². The molecule has 1 aromatic carbocycles. The summed E-state index contributed by atoms with van der Waals surface area (Å²) in [5, 5.41) is 0. The van der Waals surface area contributed by atoms with Gasteiger partial charge in [-0.3, -0.25) is 9.59 Å². The molecule has 100 valence electrons. The Balaban J connectivity index is 2.47. The van der Waals surface area contributed by atoms with Crippen LogP contribution in [0, 0.1) is 0 Å². The molecule has 0 radical (unpaired) electrons. The van der Waals surface area contributed by atoms with Crippen molar-refractivity contribution in [2.45, 2.75) is 29.9 Å². The second kappa shape index (κ2) is 5.21. The van der Waals surface area contributed by atoms with Crippen LogP contribution in [0.15, 0.2) is 35.7 Å². The summed E-state index contributed by atoms with van der Waals surface area (Å²) in [5.74, 6) is 0.103. The molecule has 0 saturated heterocycles. The van der Waals surface area contributed by atoms with Gasteiger partial charge in [0.2, 0.25) is 5.91 Å². The molecule has 1 aromatic rings. The maximum atomic E-state index is 12.5. The molecule has 19 heavy (non-hydrogen) atoms. The number of thioether (sulfide) groups is 1. The summed E-state index contributed by atoms with van der Waals surface area (Å²) in [6, 6.07) is 5.45. The molecule has 0 bridgehead atoms. The first-order valence-corrected chi connectivity index (χ1v) is 7.02. The molecule has 0 atom stereocenters. The van der Waals surface area contributed by atoms with Gasteiger partial charge in [0.1, 0.15) is 6.29 Å². The molecule has 1 aliphatic rings. The van der Waals surface area contributed by atoms with E-state index in [4.69, 9.17) is 0 Å². The highest BCUT2D eigenvalue weighted by Crippen LogP contribution is 2.45. The van der Waals surface area contributed by atoms with Crippen LogP contribution in [-0.2, 0) is 4.79 Å². The van der Waals surface area contributed by atoms with E-state index < -0.39 is 4.75 Å². The number of hydrogen-bond donors (Lipinski definition) is 0. The lowest BCUT2D eigenvalue weighted by atomic mass is 10.1. The van der Waals surface area contributed by atoms with Gasteiger partial charge < -0.3 is 4.90 Å². The summed E-state index contributed by atoms with van der Waals surface area (Å²) >= 11 is 1.51. The minimum Gasteiger partial charge on any atom is -0.310 e. The highest BCUT2D eigenvalue weighted by Gasteiger charge is 2.39. The number of fused-ring (bicyclic) bond motifs is 1. The molecule has 0 saturated carbocycles.